The third-order valence-electron chi connectivity index (χ3n) is 7.73. The Morgan fingerprint density at radius 3 is 2.12 bits per heavy atom. The van der Waals surface area contributed by atoms with Crippen LogP contribution in [0.25, 0.3) is 0 Å². The number of carbonyl (C=O) groups excluding carboxylic acids is 3. The number of aliphatic hydroxyl groups is 1. The van der Waals surface area contributed by atoms with Crippen molar-refractivity contribution in [1.82, 2.24) is 14.5 Å². The van der Waals surface area contributed by atoms with E-state index in [1.165, 1.54) is 23.6 Å². The Balaban J connectivity index is 1.28. The molecule has 3 N–H and O–H groups in total. The number of hydrogen-bond acceptors (Lipinski definition) is 8. The summed E-state index contributed by atoms with van der Waals surface area (Å²) in [5, 5.41) is 16.5. The maximum Gasteiger partial charge on any atom is 0.277 e. The van der Waals surface area contributed by atoms with Gasteiger partial charge in [-0.3, -0.25) is 19.3 Å². The molecule has 0 saturated heterocycles. The third kappa shape index (κ3) is 5.67. The summed E-state index contributed by atoms with van der Waals surface area (Å²) >= 11 is 0. The number of hydrogen-bond donors (Lipinski definition) is 3. The Labute approximate surface area is 238 Å². The highest BCUT2D eigenvalue weighted by atomic mass is 32.2. The molecule has 1 aliphatic heterocycles. The number of benzene rings is 1. The van der Waals surface area contributed by atoms with Crippen LogP contribution in [0.3, 0.4) is 0 Å². The van der Waals surface area contributed by atoms with Crippen LogP contribution in [0.4, 0.5) is 17.2 Å². The van der Waals surface area contributed by atoms with E-state index in [-0.39, 0.29) is 58.5 Å². The van der Waals surface area contributed by atoms with Crippen molar-refractivity contribution in [3.8, 4) is 11.8 Å². The summed E-state index contributed by atoms with van der Waals surface area (Å²) in [6.07, 6.45) is 3.70. The van der Waals surface area contributed by atoms with E-state index in [0.717, 1.165) is 43.4 Å². The molecular weight excluding hydrogens is 548 g/mol. The van der Waals surface area contributed by atoms with Crippen LogP contribution in [0.15, 0.2) is 23.4 Å². The van der Waals surface area contributed by atoms with Crippen molar-refractivity contribution in [2.45, 2.75) is 50.0 Å². The molecule has 3 fully saturated rings. The van der Waals surface area contributed by atoms with Crippen LogP contribution in [-0.4, -0.2) is 71.4 Å². The van der Waals surface area contributed by atoms with Gasteiger partial charge in [-0.05, 0) is 62.6 Å². The largest absolute Gasteiger partial charge is 0.356 e. The van der Waals surface area contributed by atoms with Gasteiger partial charge in [-0.2, -0.15) is 4.98 Å². The fourth-order valence-corrected chi connectivity index (χ4v) is 6.69. The first kappa shape index (κ1) is 27.3. The molecule has 0 bridgehead atoms. The fraction of sp³-hybridized carbons (Fsp3) is 0.500. The van der Waals surface area contributed by atoms with E-state index in [9.17, 15) is 27.9 Å². The van der Waals surface area contributed by atoms with Gasteiger partial charge in [0.1, 0.15) is 0 Å². The van der Waals surface area contributed by atoms with E-state index >= 15 is 0 Å². The number of aromatic nitrogens is 2. The second-order valence-corrected chi connectivity index (χ2v) is 13.3. The van der Waals surface area contributed by atoms with Gasteiger partial charge in [0.25, 0.3) is 5.91 Å². The Bertz CT molecular complexity index is 1570. The van der Waals surface area contributed by atoms with E-state index in [4.69, 9.17) is 0 Å². The van der Waals surface area contributed by atoms with Crippen LogP contribution in [0.5, 0.6) is 0 Å². The predicted molar refractivity (Wildman–Crippen MR) is 149 cm³/mol. The van der Waals surface area contributed by atoms with Gasteiger partial charge in [0.05, 0.1) is 12.3 Å². The molecule has 1 unspecified atom stereocenters. The molecule has 0 spiro atoms. The quantitative estimate of drug-likeness (QED) is 0.397. The molecule has 0 radical (unpaired) electrons. The molecule has 216 valence electrons. The highest BCUT2D eigenvalue weighted by molar-refractivity contribution is 7.91. The van der Waals surface area contributed by atoms with Crippen molar-refractivity contribution in [3.05, 3.63) is 29.5 Å². The standard InChI is InChI=1S/C28H32N6O6S/c1-32-22-23(31-27(32)41(39,40)15-16-5-6-16)34(28(38)33(2)26(22)37)11-3-4-17-12-20(29-24(35)18-7-8-18)14-21(13-17)30-25(36)19-9-10-19/h12-14,16,18-19,28,38H,5-11,15H2,1-2H3,(H,29,35)(H,30,36). The molecule has 2 heterocycles. The summed E-state index contributed by atoms with van der Waals surface area (Å²) in [6, 6.07) is 5.11. The highest BCUT2D eigenvalue weighted by Crippen LogP contribution is 2.35. The number of carbonyl (C=O) groups is 3. The minimum Gasteiger partial charge on any atom is -0.356 e. The lowest BCUT2D eigenvalue weighted by Gasteiger charge is -2.37. The summed E-state index contributed by atoms with van der Waals surface area (Å²) in [7, 11) is -0.829. The van der Waals surface area contributed by atoms with Crippen molar-refractivity contribution in [1.29, 1.82) is 0 Å². The first-order valence-electron chi connectivity index (χ1n) is 13.8. The van der Waals surface area contributed by atoms with Gasteiger partial charge < -0.3 is 25.2 Å². The summed E-state index contributed by atoms with van der Waals surface area (Å²) in [6.45, 7) is -0.0761. The van der Waals surface area contributed by atoms with Gasteiger partial charge in [-0.1, -0.05) is 11.8 Å². The molecule has 1 aromatic heterocycles. The third-order valence-corrected chi connectivity index (χ3v) is 9.56. The lowest BCUT2D eigenvalue weighted by atomic mass is 10.1. The van der Waals surface area contributed by atoms with Crippen LogP contribution < -0.4 is 15.5 Å². The number of aliphatic hydroxyl groups excluding tert-OH is 1. The smallest absolute Gasteiger partial charge is 0.277 e. The lowest BCUT2D eigenvalue weighted by molar-refractivity contribution is -0.118. The molecule has 13 heteroatoms. The van der Waals surface area contributed by atoms with Crippen LogP contribution in [-0.2, 0) is 26.5 Å². The van der Waals surface area contributed by atoms with Gasteiger partial charge in [0.2, 0.25) is 33.2 Å². The Morgan fingerprint density at radius 2 is 1.59 bits per heavy atom. The first-order chi connectivity index (χ1) is 19.5. The Morgan fingerprint density at radius 1 is 1.00 bits per heavy atom. The second kappa shape index (κ2) is 10.2. The zero-order valence-corrected chi connectivity index (χ0v) is 23.7. The van der Waals surface area contributed by atoms with Gasteiger partial charge in [-0.25, -0.2) is 8.42 Å². The Kier molecular flexibility index (Phi) is 6.78. The zero-order valence-electron chi connectivity index (χ0n) is 22.9. The molecule has 3 saturated carbocycles. The van der Waals surface area contributed by atoms with Crippen molar-refractivity contribution < 1.29 is 27.9 Å². The van der Waals surface area contributed by atoms with Crippen LogP contribution in [0.2, 0.25) is 0 Å². The number of anilines is 3. The van der Waals surface area contributed by atoms with Crippen molar-refractivity contribution in [2.24, 2.45) is 24.8 Å². The van der Waals surface area contributed by atoms with E-state index in [1.54, 1.807) is 18.2 Å². The minimum atomic E-state index is -3.73. The molecule has 6 rings (SSSR count). The average Bonchev–Trinajstić information content (AvgIpc) is 3.77. The van der Waals surface area contributed by atoms with Crippen molar-refractivity contribution in [2.75, 3.05) is 34.9 Å². The van der Waals surface area contributed by atoms with Crippen LogP contribution >= 0.6 is 0 Å². The summed E-state index contributed by atoms with van der Waals surface area (Å²) in [5.74, 6) is 5.41. The maximum absolute atomic E-state index is 13.0. The SMILES string of the molecule is CN1C(=O)c2c(nc(S(=O)(=O)CC3CC3)n2C)N(CC#Cc2cc(NC(=O)C3CC3)cc(NC(=O)C3CC3)c2)C1O. The first-order valence-corrected chi connectivity index (χ1v) is 15.4. The summed E-state index contributed by atoms with van der Waals surface area (Å²) in [4.78, 5) is 44.5. The van der Waals surface area contributed by atoms with Crippen LogP contribution in [0, 0.1) is 29.6 Å². The van der Waals surface area contributed by atoms with Gasteiger partial charge >= 0.3 is 0 Å². The lowest BCUT2D eigenvalue weighted by Crippen LogP contribution is -2.54. The number of nitrogens with zero attached hydrogens (tertiary/aromatic N) is 4. The number of fused-ring (bicyclic) bond motifs is 1. The van der Waals surface area contributed by atoms with E-state index < -0.39 is 22.1 Å². The van der Waals surface area contributed by atoms with Gasteiger partial charge in [-0.15, -0.1) is 0 Å². The van der Waals surface area contributed by atoms with E-state index in [2.05, 4.69) is 27.5 Å². The van der Waals surface area contributed by atoms with E-state index in [0.29, 0.717) is 16.9 Å². The van der Waals surface area contributed by atoms with Gasteiger partial charge in [0, 0.05) is 42.9 Å². The average molecular weight is 581 g/mol. The second-order valence-electron chi connectivity index (χ2n) is 11.4. The number of rotatable bonds is 8. The summed E-state index contributed by atoms with van der Waals surface area (Å²) in [5.41, 5.74) is 1.61. The normalized spacial score (nSPS) is 20.3. The predicted octanol–water partition coefficient (Wildman–Crippen LogP) is 1.52. The van der Waals surface area contributed by atoms with Crippen LogP contribution in [0.1, 0.15) is 54.6 Å². The number of amides is 3. The molecule has 4 aliphatic rings. The maximum atomic E-state index is 13.0. The molecule has 2 aromatic rings. The molecule has 3 amide bonds. The molecule has 3 aliphatic carbocycles. The molecule has 1 aromatic carbocycles. The fourth-order valence-electron chi connectivity index (χ4n) is 4.85. The van der Waals surface area contributed by atoms with E-state index in [1.807, 2.05) is 0 Å². The molecule has 1 atom stereocenters. The van der Waals surface area contributed by atoms with Gasteiger partial charge in [0.15, 0.2) is 11.5 Å². The van der Waals surface area contributed by atoms with Crippen molar-refractivity contribution in [3.63, 3.8) is 0 Å². The zero-order chi connectivity index (χ0) is 29.1. The molecular formula is C28H32N6O6S. The number of nitrogens with one attached hydrogen (secondary N) is 2. The number of imidazole rings is 1. The van der Waals surface area contributed by atoms with Crippen molar-refractivity contribution >= 4 is 44.8 Å². The molecule has 41 heavy (non-hydrogen) atoms. The number of sulfone groups is 1. The topological polar surface area (TPSA) is 154 Å². The minimum absolute atomic E-state index is 0.0000771. The Hall–Kier alpha value is -3.89. The highest BCUT2D eigenvalue weighted by Gasteiger charge is 2.41. The monoisotopic (exact) mass is 580 g/mol. The summed E-state index contributed by atoms with van der Waals surface area (Å²) < 4.78 is 27.3. The molecule has 12 nitrogen and oxygen atoms in total.